The molecule has 3 rings (SSSR count). The third-order valence-electron chi connectivity index (χ3n) is 4.93. The van der Waals surface area contributed by atoms with Crippen LogP contribution in [0.15, 0.2) is 66.7 Å². The highest BCUT2D eigenvalue weighted by Crippen LogP contribution is 2.39. The van der Waals surface area contributed by atoms with Crippen LogP contribution in [0.2, 0.25) is 5.02 Å². The van der Waals surface area contributed by atoms with Crippen molar-refractivity contribution in [2.24, 2.45) is 0 Å². The number of carbonyl (C=O) groups is 1. The van der Waals surface area contributed by atoms with Crippen LogP contribution in [0.1, 0.15) is 34.0 Å². The largest absolute Gasteiger partial charge is 0.416 e. The summed E-state index contributed by atoms with van der Waals surface area (Å²) in [5.74, 6) is -0.472. The average Bonchev–Trinajstić information content (AvgIpc) is 2.77. The summed E-state index contributed by atoms with van der Waals surface area (Å²) in [6.45, 7) is 1.69. The van der Waals surface area contributed by atoms with Gasteiger partial charge in [-0.1, -0.05) is 48.9 Å². The molecule has 0 aliphatic carbocycles. The van der Waals surface area contributed by atoms with Crippen molar-refractivity contribution >= 4 is 40.1 Å². The van der Waals surface area contributed by atoms with E-state index in [1.54, 1.807) is 24.3 Å². The van der Waals surface area contributed by atoms with Crippen LogP contribution in [0.5, 0.6) is 0 Å². The van der Waals surface area contributed by atoms with Gasteiger partial charge in [0.25, 0.3) is 17.2 Å². The minimum absolute atomic E-state index is 0.0171. The maximum absolute atomic E-state index is 13.5. The summed E-state index contributed by atoms with van der Waals surface area (Å²) in [6.07, 6.45) is -4.64. The Morgan fingerprint density at radius 3 is 2.42 bits per heavy atom. The first-order chi connectivity index (χ1) is 15.6. The average molecular weight is 497 g/mol. The Balaban J connectivity index is 1.95. The van der Waals surface area contributed by atoms with Crippen LogP contribution in [-0.2, 0) is 30.4 Å². The van der Waals surface area contributed by atoms with E-state index >= 15 is 0 Å². The number of hydrogen-bond acceptors (Lipinski definition) is 2. The number of hydrogen-bond donors (Lipinski definition) is 2. The molecule has 0 saturated heterocycles. The molecule has 0 heterocycles. The van der Waals surface area contributed by atoms with E-state index in [0.717, 1.165) is 10.4 Å². The fraction of sp³-hybridized carbons (Fsp3) is 0.174. The maximum Gasteiger partial charge on any atom is 0.416 e. The molecule has 1 amide bonds. The van der Waals surface area contributed by atoms with Gasteiger partial charge in [0, 0.05) is 17.1 Å². The predicted octanol–water partition coefficient (Wildman–Crippen LogP) is 6.13. The fourth-order valence-electron chi connectivity index (χ4n) is 3.41. The van der Waals surface area contributed by atoms with Gasteiger partial charge in [-0.25, -0.2) is 8.51 Å². The number of anilines is 2. The minimum atomic E-state index is -4.62. The molecule has 0 spiro atoms. The van der Waals surface area contributed by atoms with Crippen LogP contribution in [0.4, 0.5) is 24.5 Å². The molecule has 1 atom stereocenters. The number of alkyl halides is 3. The molecule has 0 aliphatic heterocycles. The maximum atomic E-state index is 13.5. The van der Waals surface area contributed by atoms with Gasteiger partial charge in [-0.15, -0.1) is 0 Å². The SMILES string of the molecule is CCc1c(N(c2cccc(C(=O)NCc3ccccc3Cl)c2)S(=O)O)cccc1C(F)(F)F. The Bertz CT molecular complexity index is 1190. The molecule has 3 aromatic rings. The number of benzene rings is 3. The molecule has 0 bridgehead atoms. The highest BCUT2D eigenvalue weighted by Gasteiger charge is 2.35. The molecule has 0 radical (unpaired) electrons. The second-order valence-corrected chi connectivity index (χ2v) is 8.24. The van der Waals surface area contributed by atoms with Gasteiger partial charge in [-0.2, -0.15) is 13.2 Å². The summed E-state index contributed by atoms with van der Waals surface area (Å²) in [4.78, 5) is 12.7. The lowest BCUT2D eigenvalue weighted by Gasteiger charge is -2.25. The van der Waals surface area contributed by atoms with Gasteiger partial charge >= 0.3 is 6.18 Å². The number of rotatable bonds is 7. The Labute approximate surface area is 196 Å². The van der Waals surface area contributed by atoms with Crippen LogP contribution in [0.25, 0.3) is 0 Å². The van der Waals surface area contributed by atoms with Crippen molar-refractivity contribution in [2.45, 2.75) is 26.1 Å². The quantitative estimate of drug-likeness (QED) is 0.387. The summed E-state index contributed by atoms with van der Waals surface area (Å²) < 4.78 is 63.5. The third-order valence-corrected chi connectivity index (χ3v) is 6.01. The lowest BCUT2D eigenvalue weighted by atomic mass is 10.0. The van der Waals surface area contributed by atoms with E-state index < -0.39 is 28.9 Å². The first-order valence-electron chi connectivity index (χ1n) is 9.85. The second-order valence-electron chi connectivity index (χ2n) is 7.00. The van der Waals surface area contributed by atoms with E-state index in [1.165, 1.54) is 43.3 Å². The van der Waals surface area contributed by atoms with Gasteiger partial charge < -0.3 is 5.32 Å². The molecule has 10 heteroatoms. The van der Waals surface area contributed by atoms with Crippen LogP contribution in [0, 0.1) is 0 Å². The summed E-state index contributed by atoms with van der Waals surface area (Å²) in [7, 11) is 0. The highest BCUT2D eigenvalue weighted by atomic mass is 35.5. The van der Waals surface area contributed by atoms with Gasteiger partial charge in [-0.3, -0.25) is 9.35 Å². The topological polar surface area (TPSA) is 69.6 Å². The number of halogens is 4. The fourth-order valence-corrected chi connectivity index (χ4v) is 4.24. The van der Waals surface area contributed by atoms with Gasteiger partial charge in [0.05, 0.1) is 16.9 Å². The van der Waals surface area contributed by atoms with Crippen molar-refractivity contribution in [3.8, 4) is 0 Å². The van der Waals surface area contributed by atoms with Crippen LogP contribution >= 0.6 is 11.6 Å². The summed E-state index contributed by atoms with van der Waals surface area (Å²) in [5, 5.41) is 3.20. The number of amides is 1. The second kappa shape index (κ2) is 10.4. The highest BCUT2D eigenvalue weighted by molar-refractivity contribution is 7.81. The Kier molecular flexibility index (Phi) is 7.78. The summed E-state index contributed by atoms with van der Waals surface area (Å²) in [6, 6.07) is 16.2. The predicted molar refractivity (Wildman–Crippen MR) is 123 cm³/mol. The molecule has 0 aromatic heterocycles. The number of nitrogens with one attached hydrogen (secondary N) is 1. The van der Waals surface area contributed by atoms with Crippen LogP contribution < -0.4 is 9.62 Å². The van der Waals surface area contributed by atoms with E-state index in [4.69, 9.17) is 11.6 Å². The number of carbonyl (C=O) groups excluding carboxylic acids is 1. The van der Waals surface area contributed by atoms with Gasteiger partial charge in [0.15, 0.2) is 0 Å². The van der Waals surface area contributed by atoms with E-state index in [0.29, 0.717) is 10.6 Å². The Hall–Kier alpha value is -2.88. The lowest BCUT2D eigenvalue weighted by Crippen LogP contribution is -2.25. The zero-order valence-electron chi connectivity index (χ0n) is 17.4. The monoisotopic (exact) mass is 496 g/mol. The first-order valence-corrected chi connectivity index (χ1v) is 11.3. The molecule has 0 fully saturated rings. The van der Waals surface area contributed by atoms with E-state index in [-0.39, 0.29) is 35.5 Å². The van der Waals surface area contributed by atoms with Gasteiger partial charge in [0.1, 0.15) is 0 Å². The van der Waals surface area contributed by atoms with Crippen LogP contribution in [0.3, 0.4) is 0 Å². The summed E-state index contributed by atoms with van der Waals surface area (Å²) >= 11 is 3.40. The normalized spacial score (nSPS) is 12.3. The molecular weight excluding hydrogens is 477 g/mol. The third kappa shape index (κ3) is 5.73. The zero-order chi connectivity index (χ0) is 24.2. The molecule has 0 aliphatic rings. The van der Waals surface area contributed by atoms with Crippen molar-refractivity contribution in [3.05, 3.63) is 94.0 Å². The lowest BCUT2D eigenvalue weighted by molar-refractivity contribution is -0.138. The standard InChI is InChI=1S/C23H20ClF3N2O3S/c1-2-18-19(23(25,26)27)10-6-12-21(18)29(33(31)32)17-9-5-8-15(13-17)22(30)28-14-16-7-3-4-11-20(16)24/h3-13H,2,14H2,1H3,(H,28,30)(H,31,32). The minimum Gasteiger partial charge on any atom is -0.348 e. The van der Waals surface area contributed by atoms with Crippen molar-refractivity contribution in [1.82, 2.24) is 5.32 Å². The van der Waals surface area contributed by atoms with Crippen molar-refractivity contribution in [2.75, 3.05) is 4.31 Å². The van der Waals surface area contributed by atoms with E-state index in [9.17, 15) is 26.7 Å². The van der Waals surface area contributed by atoms with Crippen LogP contribution in [-0.4, -0.2) is 14.7 Å². The Morgan fingerprint density at radius 2 is 1.79 bits per heavy atom. The van der Waals surface area contributed by atoms with Crippen molar-refractivity contribution in [1.29, 1.82) is 0 Å². The molecule has 2 N–H and O–H groups in total. The first kappa shape index (κ1) is 24.8. The molecule has 174 valence electrons. The van der Waals surface area contributed by atoms with Gasteiger partial charge in [-0.05, 0) is 53.9 Å². The molecule has 5 nitrogen and oxygen atoms in total. The molecule has 1 unspecified atom stereocenters. The Morgan fingerprint density at radius 1 is 1.09 bits per heavy atom. The smallest absolute Gasteiger partial charge is 0.348 e. The molecular formula is C23H20ClF3N2O3S. The van der Waals surface area contributed by atoms with E-state index in [1.807, 2.05) is 0 Å². The van der Waals surface area contributed by atoms with Crippen molar-refractivity contribution in [3.63, 3.8) is 0 Å². The van der Waals surface area contributed by atoms with Crippen molar-refractivity contribution < 1.29 is 26.7 Å². The summed E-state index contributed by atoms with van der Waals surface area (Å²) in [5.41, 5.74) is -0.108. The van der Waals surface area contributed by atoms with E-state index in [2.05, 4.69) is 5.32 Å². The van der Waals surface area contributed by atoms with Gasteiger partial charge in [0.2, 0.25) is 0 Å². The zero-order valence-corrected chi connectivity index (χ0v) is 19.0. The molecule has 0 saturated carbocycles. The molecule has 33 heavy (non-hydrogen) atoms. The molecule has 3 aromatic carbocycles. The number of nitrogens with zero attached hydrogens (tertiary/aromatic N) is 1.